The van der Waals surface area contributed by atoms with Crippen molar-refractivity contribution in [3.63, 3.8) is 0 Å². The van der Waals surface area contributed by atoms with Gasteiger partial charge in [-0.3, -0.25) is 0 Å². The normalized spacial score (nSPS) is 15.8. The predicted octanol–water partition coefficient (Wildman–Crippen LogP) is 4.40. The number of nitrogens with one attached hydrogen (secondary N) is 1. The molecular weight excluding hydrogens is 322 g/mol. The first-order valence-corrected chi connectivity index (χ1v) is 9.50. The summed E-state index contributed by atoms with van der Waals surface area (Å²) in [5.74, 6) is 0.552. The molecule has 1 saturated heterocycles. The molecule has 1 aliphatic rings. The van der Waals surface area contributed by atoms with E-state index in [1.165, 1.54) is 11.3 Å². The summed E-state index contributed by atoms with van der Waals surface area (Å²) in [5.41, 5.74) is 3.73. The molecule has 0 aliphatic carbocycles. The first-order valence-electron chi connectivity index (χ1n) is 9.50. The zero-order valence-electron chi connectivity index (χ0n) is 16.0. The molecule has 26 heavy (non-hydrogen) atoms. The highest BCUT2D eigenvalue weighted by Gasteiger charge is 2.22. The van der Waals surface area contributed by atoms with Gasteiger partial charge in [-0.2, -0.15) is 0 Å². The monoisotopic (exact) mass is 351 g/mol. The lowest BCUT2D eigenvalue weighted by Crippen LogP contribution is -2.52. The summed E-state index contributed by atoms with van der Waals surface area (Å²) in [4.78, 5) is 16.8. The lowest BCUT2D eigenvalue weighted by atomic mass is 10.0. The summed E-state index contributed by atoms with van der Waals surface area (Å²) >= 11 is 0. The summed E-state index contributed by atoms with van der Waals surface area (Å²) in [6.45, 7) is 9.69. The summed E-state index contributed by atoms with van der Waals surface area (Å²) in [7, 11) is 0. The highest BCUT2D eigenvalue weighted by Crippen LogP contribution is 2.21. The van der Waals surface area contributed by atoms with Gasteiger partial charge in [-0.15, -0.1) is 0 Å². The Morgan fingerprint density at radius 3 is 2.04 bits per heavy atom. The van der Waals surface area contributed by atoms with Crippen molar-refractivity contribution in [2.24, 2.45) is 0 Å². The van der Waals surface area contributed by atoms with Crippen LogP contribution >= 0.6 is 0 Å². The molecule has 2 amide bonds. The van der Waals surface area contributed by atoms with E-state index in [0.29, 0.717) is 5.92 Å². The quantitative estimate of drug-likeness (QED) is 0.886. The number of carbonyl (C=O) groups is 1. The Labute approximate surface area is 156 Å². The molecule has 0 bridgehead atoms. The van der Waals surface area contributed by atoms with E-state index in [4.69, 9.17) is 0 Å². The van der Waals surface area contributed by atoms with E-state index in [1.807, 2.05) is 42.2 Å². The van der Waals surface area contributed by atoms with Crippen LogP contribution in [-0.4, -0.2) is 37.1 Å². The second kappa shape index (κ2) is 8.26. The van der Waals surface area contributed by atoms with Crippen molar-refractivity contribution in [3.05, 3.63) is 65.7 Å². The van der Waals surface area contributed by atoms with Gasteiger partial charge in [0.05, 0.1) is 6.04 Å². The second-order valence-electron chi connectivity index (χ2n) is 7.30. The Bertz CT molecular complexity index is 704. The van der Waals surface area contributed by atoms with Crippen molar-refractivity contribution in [1.29, 1.82) is 0 Å². The third kappa shape index (κ3) is 4.37. The van der Waals surface area contributed by atoms with Gasteiger partial charge in [0.25, 0.3) is 0 Å². The van der Waals surface area contributed by atoms with E-state index in [9.17, 15) is 4.79 Å². The molecule has 2 aromatic rings. The molecule has 4 heteroatoms. The molecule has 138 valence electrons. The van der Waals surface area contributed by atoms with Crippen molar-refractivity contribution in [1.82, 2.24) is 10.2 Å². The maximum Gasteiger partial charge on any atom is 0.317 e. The van der Waals surface area contributed by atoms with Gasteiger partial charge >= 0.3 is 6.03 Å². The summed E-state index contributed by atoms with van der Waals surface area (Å²) in [6.07, 6.45) is 0. The maximum absolute atomic E-state index is 12.5. The molecule has 1 unspecified atom stereocenters. The van der Waals surface area contributed by atoms with Crippen LogP contribution in [0.1, 0.15) is 43.9 Å². The SMILES string of the molecule is CC(C)c1ccc(N2CCN(C(=O)NC(C)c3ccccc3)CC2)cc1. The van der Waals surface area contributed by atoms with E-state index in [-0.39, 0.29) is 12.1 Å². The van der Waals surface area contributed by atoms with Gasteiger partial charge in [0.15, 0.2) is 0 Å². The van der Waals surface area contributed by atoms with E-state index >= 15 is 0 Å². The number of urea groups is 1. The topological polar surface area (TPSA) is 35.6 Å². The fraction of sp³-hybridized carbons (Fsp3) is 0.409. The molecule has 1 fully saturated rings. The fourth-order valence-corrected chi connectivity index (χ4v) is 3.34. The molecule has 1 aliphatic heterocycles. The zero-order valence-corrected chi connectivity index (χ0v) is 16.0. The number of hydrogen-bond donors (Lipinski definition) is 1. The Morgan fingerprint density at radius 2 is 1.46 bits per heavy atom. The highest BCUT2D eigenvalue weighted by molar-refractivity contribution is 5.75. The van der Waals surface area contributed by atoms with Crippen LogP contribution in [-0.2, 0) is 0 Å². The molecule has 0 radical (unpaired) electrons. The van der Waals surface area contributed by atoms with Crippen molar-refractivity contribution < 1.29 is 4.79 Å². The zero-order chi connectivity index (χ0) is 18.5. The number of amides is 2. The van der Waals surface area contributed by atoms with Crippen LogP contribution in [0.25, 0.3) is 0 Å². The molecule has 0 saturated carbocycles. The Kier molecular flexibility index (Phi) is 5.82. The van der Waals surface area contributed by atoms with Gasteiger partial charge in [-0.1, -0.05) is 56.3 Å². The molecule has 2 aromatic carbocycles. The lowest BCUT2D eigenvalue weighted by Gasteiger charge is -2.36. The minimum absolute atomic E-state index is 0.0188. The van der Waals surface area contributed by atoms with Crippen LogP contribution < -0.4 is 10.2 Å². The fourth-order valence-electron chi connectivity index (χ4n) is 3.34. The summed E-state index contributed by atoms with van der Waals surface area (Å²) < 4.78 is 0. The number of nitrogens with zero attached hydrogens (tertiary/aromatic N) is 2. The molecule has 1 atom stereocenters. The smallest absolute Gasteiger partial charge is 0.317 e. The molecule has 1 heterocycles. The summed E-state index contributed by atoms with van der Waals surface area (Å²) in [5, 5.41) is 3.11. The van der Waals surface area contributed by atoms with Crippen molar-refractivity contribution in [3.8, 4) is 0 Å². The van der Waals surface area contributed by atoms with Gasteiger partial charge in [0.1, 0.15) is 0 Å². The Morgan fingerprint density at radius 1 is 0.846 bits per heavy atom. The standard InChI is InChI=1S/C22H29N3O/c1-17(2)19-9-11-21(12-10-19)24-13-15-25(16-14-24)22(26)23-18(3)20-7-5-4-6-8-20/h4-12,17-18H,13-16H2,1-3H3,(H,23,26). The average molecular weight is 351 g/mol. The number of carbonyl (C=O) groups excluding carboxylic acids is 1. The van der Waals surface area contributed by atoms with Crippen LogP contribution in [0.2, 0.25) is 0 Å². The van der Waals surface area contributed by atoms with Gasteiger partial charge in [0, 0.05) is 31.9 Å². The number of benzene rings is 2. The Balaban J connectivity index is 1.52. The largest absolute Gasteiger partial charge is 0.368 e. The van der Waals surface area contributed by atoms with Crippen LogP contribution in [0.5, 0.6) is 0 Å². The molecule has 3 rings (SSSR count). The highest BCUT2D eigenvalue weighted by atomic mass is 16.2. The van der Waals surface area contributed by atoms with E-state index < -0.39 is 0 Å². The average Bonchev–Trinajstić information content (AvgIpc) is 2.69. The van der Waals surface area contributed by atoms with Gasteiger partial charge < -0.3 is 15.1 Å². The van der Waals surface area contributed by atoms with Gasteiger partial charge in [-0.05, 0) is 36.1 Å². The second-order valence-corrected chi connectivity index (χ2v) is 7.30. The van der Waals surface area contributed by atoms with Crippen LogP contribution in [0.3, 0.4) is 0 Å². The maximum atomic E-state index is 12.5. The first kappa shape index (κ1) is 18.3. The molecule has 0 spiro atoms. The molecular formula is C22H29N3O. The lowest BCUT2D eigenvalue weighted by molar-refractivity contribution is 0.191. The number of rotatable bonds is 4. The van der Waals surface area contributed by atoms with Crippen molar-refractivity contribution in [2.75, 3.05) is 31.1 Å². The minimum Gasteiger partial charge on any atom is -0.368 e. The van der Waals surface area contributed by atoms with Crippen molar-refractivity contribution in [2.45, 2.75) is 32.7 Å². The van der Waals surface area contributed by atoms with E-state index in [2.05, 4.69) is 48.3 Å². The molecule has 1 N–H and O–H groups in total. The van der Waals surface area contributed by atoms with E-state index in [0.717, 1.165) is 31.7 Å². The van der Waals surface area contributed by atoms with Crippen LogP contribution in [0.15, 0.2) is 54.6 Å². The third-order valence-electron chi connectivity index (χ3n) is 5.13. The molecule has 0 aromatic heterocycles. The predicted molar refractivity (Wildman–Crippen MR) is 108 cm³/mol. The number of piperazine rings is 1. The number of hydrogen-bond acceptors (Lipinski definition) is 2. The van der Waals surface area contributed by atoms with Gasteiger partial charge in [-0.25, -0.2) is 4.79 Å². The van der Waals surface area contributed by atoms with E-state index in [1.54, 1.807) is 0 Å². The van der Waals surface area contributed by atoms with Gasteiger partial charge in [0.2, 0.25) is 0 Å². The van der Waals surface area contributed by atoms with Crippen molar-refractivity contribution >= 4 is 11.7 Å². The van der Waals surface area contributed by atoms with Crippen LogP contribution in [0, 0.1) is 0 Å². The number of anilines is 1. The summed E-state index contributed by atoms with van der Waals surface area (Å²) in [6, 6.07) is 18.9. The Hall–Kier alpha value is -2.49. The minimum atomic E-state index is 0.0188. The van der Waals surface area contributed by atoms with Crippen LogP contribution in [0.4, 0.5) is 10.5 Å². The molecule has 4 nitrogen and oxygen atoms in total. The third-order valence-corrected chi connectivity index (χ3v) is 5.13. The first-order chi connectivity index (χ1) is 12.5.